The molecular weight excluding hydrogens is 312 g/mol. The Hall–Kier alpha value is -2.18. The van der Waals surface area contributed by atoms with Gasteiger partial charge in [0, 0.05) is 5.56 Å². The van der Waals surface area contributed by atoms with E-state index in [-0.39, 0.29) is 12.5 Å². The van der Waals surface area contributed by atoms with Crippen LogP contribution in [0.3, 0.4) is 0 Å². The molecule has 0 bridgehead atoms. The van der Waals surface area contributed by atoms with Crippen molar-refractivity contribution in [3.63, 3.8) is 0 Å². The van der Waals surface area contributed by atoms with Crippen molar-refractivity contribution in [2.45, 2.75) is 6.61 Å². The van der Waals surface area contributed by atoms with E-state index >= 15 is 0 Å². The molecule has 21 heavy (non-hydrogen) atoms. The van der Waals surface area contributed by atoms with Crippen molar-refractivity contribution in [1.82, 2.24) is 10.2 Å². The topological polar surface area (TPSA) is 65.2 Å². The molecule has 1 aromatic carbocycles. The number of hydrogen-bond donors (Lipinski definition) is 0. The largest absolute Gasteiger partial charge is 0.451 e. The zero-order valence-electron chi connectivity index (χ0n) is 10.7. The molecule has 106 valence electrons. The first-order valence-corrected chi connectivity index (χ1v) is 7.22. The number of hydrogen-bond acceptors (Lipinski definition) is 6. The van der Waals surface area contributed by atoms with Gasteiger partial charge in [-0.3, -0.25) is 0 Å². The summed E-state index contributed by atoms with van der Waals surface area (Å²) in [5, 5.41) is 7.76. The normalized spacial score (nSPS) is 10.5. The zero-order chi connectivity index (χ0) is 14.7. The Bertz CT molecular complexity index is 754. The first kappa shape index (κ1) is 13.8. The minimum atomic E-state index is -0.466. The maximum absolute atomic E-state index is 11.7. The Morgan fingerprint density at radius 3 is 2.71 bits per heavy atom. The lowest BCUT2D eigenvalue weighted by Crippen LogP contribution is -2.03. The predicted molar refractivity (Wildman–Crippen MR) is 78.2 cm³/mol. The van der Waals surface area contributed by atoms with Crippen LogP contribution >= 0.6 is 22.9 Å². The van der Waals surface area contributed by atoms with Gasteiger partial charge < -0.3 is 9.15 Å². The van der Waals surface area contributed by atoms with Crippen molar-refractivity contribution >= 4 is 28.9 Å². The average molecular weight is 321 g/mol. The first-order chi connectivity index (χ1) is 10.2. The maximum atomic E-state index is 11.7. The number of aromatic nitrogens is 2. The van der Waals surface area contributed by atoms with Crippen molar-refractivity contribution in [2.24, 2.45) is 0 Å². The number of rotatable bonds is 4. The second kappa shape index (κ2) is 6.07. The third kappa shape index (κ3) is 3.29. The van der Waals surface area contributed by atoms with E-state index in [2.05, 4.69) is 10.2 Å². The molecule has 0 unspecified atom stereocenters. The van der Waals surface area contributed by atoms with Crippen LogP contribution in [0.15, 0.2) is 46.9 Å². The smallest absolute Gasteiger partial charge is 0.348 e. The van der Waals surface area contributed by atoms with Gasteiger partial charge >= 0.3 is 5.97 Å². The molecule has 0 amide bonds. The molecule has 0 saturated carbocycles. The van der Waals surface area contributed by atoms with Gasteiger partial charge in [0.05, 0.1) is 4.34 Å². The summed E-state index contributed by atoms with van der Waals surface area (Å²) in [6.45, 7) is -0.0752. The van der Waals surface area contributed by atoms with Crippen molar-refractivity contribution in [1.29, 1.82) is 0 Å². The second-order valence-electron chi connectivity index (χ2n) is 4.05. The minimum absolute atomic E-state index is 0.0752. The van der Waals surface area contributed by atoms with Gasteiger partial charge in [0.2, 0.25) is 5.89 Å². The van der Waals surface area contributed by atoms with Gasteiger partial charge in [0.25, 0.3) is 5.89 Å². The van der Waals surface area contributed by atoms with Crippen LogP contribution in [0.2, 0.25) is 4.34 Å². The lowest BCUT2D eigenvalue weighted by atomic mass is 10.2. The minimum Gasteiger partial charge on any atom is -0.451 e. The van der Waals surface area contributed by atoms with Crippen molar-refractivity contribution in [3.05, 3.63) is 57.6 Å². The molecule has 3 aromatic rings. The third-order valence-electron chi connectivity index (χ3n) is 2.59. The van der Waals surface area contributed by atoms with Gasteiger partial charge in [-0.2, -0.15) is 0 Å². The van der Waals surface area contributed by atoms with Crippen LogP contribution in [-0.2, 0) is 11.3 Å². The molecule has 0 spiro atoms. The van der Waals surface area contributed by atoms with Crippen LogP contribution in [0.25, 0.3) is 11.5 Å². The molecule has 0 radical (unpaired) electrons. The average Bonchev–Trinajstić information content (AvgIpc) is 3.15. The summed E-state index contributed by atoms with van der Waals surface area (Å²) >= 11 is 6.92. The molecule has 0 saturated heterocycles. The summed E-state index contributed by atoms with van der Waals surface area (Å²) in [5.74, 6) is 0.164. The molecule has 0 aliphatic rings. The molecular formula is C14H9ClN2O3S. The molecule has 0 fully saturated rings. The maximum Gasteiger partial charge on any atom is 0.348 e. The van der Waals surface area contributed by atoms with Gasteiger partial charge in [-0.25, -0.2) is 4.79 Å². The standard InChI is InChI=1S/C14H9ClN2O3S/c15-11-7-6-10(21-11)14(18)19-8-12-16-17-13(20-12)9-4-2-1-3-5-9/h1-7H,8H2. The Labute approximate surface area is 129 Å². The van der Waals surface area contributed by atoms with Gasteiger partial charge in [0.1, 0.15) is 4.88 Å². The second-order valence-corrected chi connectivity index (χ2v) is 5.76. The number of ether oxygens (including phenoxy) is 1. The summed E-state index contributed by atoms with van der Waals surface area (Å²) in [5.41, 5.74) is 0.813. The molecule has 0 aliphatic carbocycles. The number of halogens is 1. The van der Waals surface area contributed by atoms with E-state index in [9.17, 15) is 4.79 Å². The zero-order valence-corrected chi connectivity index (χ0v) is 12.2. The monoisotopic (exact) mass is 320 g/mol. The SMILES string of the molecule is O=C(OCc1nnc(-c2ccccc2)o1)c1ccc(Cl)s1. The lowest BCUT2D eigenvalue weighted by Gasteiger charge is -1.98. The summed E-state index contributed by atoms with van der Waals surface area (Å²) in [4.78, 5) is 12.2. The Kier molecular flexibility index (Phi) is 3.98. The number of nitrogens with zero attached hydrogens (tertiary/aromatic N) is 2. The quantitative estimate of drug-likeness (QED) is 0.684. The molecule has 2 aromatic heterocycles. The Morgan fingerprint density at radius 2 is 2.00 bits per heavy atom. The molecule has 3 rings (SSSR count). The van der Waals surface area contributed by atoms with Crippen molar-refractivity contribution < 1.29 is 13.9 Å². The molecule has 2 heterocycles. The van der Waals surface area contributed by atoms with Gasteiger partial charge in [0.15, 0.2) is 6.61 Å². The van der Waals surface area contributed by atoms with Gasteiger partial charge in [-0.05, 0) is 24.3 Å². The summed E-state index contributed by atoms with van der Waals surface area (Å²) in [7, 11) is 0. The van der Waals surface area contributed by atoms with Crippen LogP contribution in [-0.4, -0.2) is 16.2 Å². The number of carbonyl (C=O) groups is 1. The molecule has 7 heteroatoms. The first-order valence-electron chi connectivity index (χ1n) is 6.02. The van der Waals surface area contributed by atoms with Crippen molar-refractivity contribution in [3.8, 4) is 11.5 Å². The van der Waals surface area contributed by atoms with E-state index in [1.165, 1.54) is 0 Å². The summed E-state index contributed by atoms with van der Waals surface area (Å²) in [6.07, 6.45) is 0. The van der Waals surface area contributed by atoms with Crippen LogP contribution in [0.1, 0.15) is 15.6 Å². The molecule has 0 atom stereocenters. The van der Waals surface area contributed by atoms with E-state index in [1.807, 2.05) is 30.3 Å². The summed E-state index contributed by atoms with van der Waals surface area (Å²) in [6, 6.07) is 12.6. The highest BCUT2D eigenvalue weighted by molar-refractivity contribution is 7.17. The molecule has 0 aliphatic heterocycles. The molecule has 0 N–H and O–H groups in total. The van der Waals surface area contributed by atoms with E-state index < -0.39 is 5.97 Å². The Balaban J connectivity index is 1.64. The van der Waals surface area contributed by atoms with Gasteiger partial charge in [-0.1, -0.05) is 29.8 Å². The highest BCUT2D eigenvalue weighted by Gasteiger charge is 2.13. The predicted octanol–water partition coefficient (Wildman–Crippen LogP) is 3.81. The highest BCUT2D eigenvalue weighted by atomic mass is 35.5. The van der Waals surface area contributed by atoms with Gasteiger partial charge in [-0.15, -0.1) is 21.5 Å². The van der Waals surface area contributed by atoms with Crippen LogP contribution in [0, 0.1) is 0 Å². The van der Waals surface area contributed by atoms with E-state index in [1.54, 1.807) is 12.1 Å². The fourth-order valence-electron chi connectivity index (χ4n) is 1.63. The lowest BCUT2D eigenvalue weighted by molar-refractivity contribution is 0.0444. The van der Waals surface area contributed by atoms with Crippen LogP contribution in [0.5, 0.6) is 0 Å². The number of benzene rings is 1. The number of esters is 1. The summed E-state index contributed by atoms with van der Waals surface area (Å²) < 4.78 is 11.1. The molecule has 5 nitrogen and oxygen atoms in total. The van der Waals surface area contributed by atoms with Crippen LogP contribution in [0.4, 0.5) is 0 Å². The fourth-order valence-corrected chi connectivity index (χ4v) is 2.57. The third-order valence-corrected chi connectivity index (χ3v) is 3.80. The fraction of sp³-hybridized carbons (Fsp3) is 0.0714. The number of thiophene rings is 1. The Morgan fingerprint density at radius 1 is 1.19 bits per heavy atom. The number of carbonyl (C=O) groups excluding carboxylic acids is 1. The van der Waals surface area contributed by atoms with Crippen molar-refractivity contribution in [2.75, 3.05) is 0 Å². The van der Waals surface area contributed by atoms with E-state index in [4.69, 9.17) is 20.8 Å². The van der Waals surface area contributed by atoms with Crippen LogP contribution < -0.4 is 0 Å². The highest BCUT2D eigenvalue weighted by Crippen LogP contribution is 2.22. The van der Waals surface area contributed by atoms with E-state index in [0.717, 1.165) is 16.9 Å². The van der Waals surface area contributed by atoms with E-state index in [0.29, 0.717) is 15.1 Å².